The maximum atomic E-state index is 15.1. The molecular formula is C36H36Cl2FN3O4S. The maximum Gasteiger partial charge on any atom is 0.264 e. The normalized spacial score (nSPS) is 14.0. The summed E-state index contributed by atoms with van der Waals surface area (Å²) in [7, 11) is -4.38. The van der Waals surface area contributed by atoms with Crippen molar-refractivity contribution >= 4 is 50.7 Å². The van der Waals surface area contributed by atoms with Gasteiger partial charge >= 0.3 is 0 Å². The molecule has 0 saturated heterocycles. The van der Waals surface area contributed by atoms with Crippen molar-refractivity contribution in [2.45, 2.75) is 62.6 Å². The Morgan fingerprint density at radius 2 is 1.57 bits per heavy atom. The van der Waals surface area contributed by atoms with Gasteiger partial charge in [0.05, 0.1) is 15.6 Å². The van der Waals surface area contributed by atoms with Crippen LogP contribution in [0.2, 0.25) is 10.0 Å². The van der Waals surface area contributed by atoms with Crippen LogP contribution in [0, 0.1) is 12.7 Å². The van der Waals surface area contributed by atoms with Crippen LogP contribution in [0.5, 0.6) is 0 Å². The summed E-state index contributed by atoms with van der Waals surface area (Å²) >= 11 is 12.8. The van der Waals surface area contributed by atoms with Gasteiger partial charge in [0.25, 0.3) is 10.0 Å². The first-order valence-electron chi connectivity index (χ1n) is 15.4. The van der Waals surface area contributed by atoms with E-state index < -0.39 is 34.3 Å². The predicted octanol–water partition coefficient (Wildman–Crippen LogP) is 7.34. The highest BCUT2D eigenvalue weighted by molar-refractivity contribution is 7.92. The third-order valence-electron chi connectivity index (χ3n) is 8.34. The van der Waals surface area contributed by atoms with Crippen molar-refractivity contribution in [3.8, 4) is 0 Å². The van der Waals surface area contributed by atoms with Gasteiger partial charge in [-0.15, -0.1) is 0 Å². The number of aryl methyl sites for hydroxylation is 1. The van der Waals surface area contributed by atoms with E-state index in [1.54, 1.807) is 24.3 Å². The number of amides is 2. The topological polar surface area (TPSA) is 86.8 Å². The van der Waals surface area contributed by atoms with Gasteiger partial charge in [-0.1, -0.05) is 102 Å². The van der Waals surface area contributed by atoms with Crippen LogP contribution in [-0.4, -0.2) is 43.8 Å². The molecule has 0 bridgehead atoms. The SMILES string of the molecule is Cc1ccc(S(=O)(=O)N(CC(=O)N(Cc2ccccc2F)C(Cc2ccccc2)C(=O)NC2CCCC2)c2cc(Cl)ccc2Cl)cc1. The summed E-state index contributed by atoms with van der Waals surface area (Å²) in [6, 6.07) is 24.6. The van der Waals surface area contributed by atoms with Crippen molar-refractivity contribution in [2.24, 2.45) is 0 Å². The lowest BCUT2D eigenvalue weighted by molar-refractivity contribution is -0.140. The number of halogens is 3. The molecule has 5 rings (SSSR count). The Morgan fingerprint density at radius 3 is 2.26 bits per heavy atom. The van der Waals surface area contributed by atoms with Crippen LogP contribution < -0.4 is 9.62 Å². The summed E-state index contributed by atoms with van der Waals surface area (Å²) in [4.78, 5) is 29.9. The van der Waals surface area contributed by atoms with Crippen LogP contribution in [-0.2, 0) is 32.6 Å². The number of rotatable bonds is 12. The van der Waals surface area contributed by atoms with Crippen LogP contribution in [0.1, 0.15) is 42.4 Å². The molecular weight excluding hydrogens is 660 g/mol. The van der Waals surface area contributed by atoms with E-state index in [4.69, 9.17) is 23.2 Å². The van der Waals surface area contributed by atoms with E-state index in [1.165, 1.54) is 47.4 Å². The third-order valence-corrected chi connectivity index (χ3v) is 10.7. The van der Waals surface area contributed by atoms with Gasteiger partial charge in [-0.25, -0.2) is 12.8 Å². The Balaban J connectivity index is 1.60. The highest BCUT2D eigenvalue weighted by Crippen LogP contribution is 2.33. The molecule has 1 N–H and O–H groups in total. The second-order valence-corrected chi connectivity index (χ2v) is 14.4. The molecule has 246 valence electrons. The van der Waals surface area contributed by atoms with E-state index in [9.17, 15) is 18.0 Å². The van der Waals surface area contributed by atoms with E-state index >= 15 is 4.39 Å². The number of carbonyl (C=O) groups is 2. The van der Waals surface area contributed by atoms with Gasteiger partial charge in [-0.3, -0.25) is 13.9 Å². The van der Waals surface area contributed by atoms with Crippen LogP contribution in [0.3, 0.4) is 0 Å². The van der Waals surface area contributed by atoms with Crippen molar-refractivity contribution in [3.63, 3.8) is 0 Å². The fourth-order valence-corrected chi connectivity index (χ4v) is 7.62. The summed E-state index contributed by atoms with van der Waals surface area (Å²) in [5.41, 5.74) is 1.81. The van der Waals surface area contributed by atoms with Gasteiger partial charge in [-0.05, 0) is 61.7 Å². The van der Waals surface area contributed by atoms with E-state index in [2.05, 4.69) is 5.32 Å². The molecule has 1 saturated carbocycles. The van der Waals surface area contributed by atoms with Crippen molar-refractivity contribution in [2.75, 3.05) is 10.8 Å². The molecule has 0 radical (unpaired) electrons. The largest absolute Gasteiger partial charge is 0.352 e. The van der Waals surface area contributed by atoms with Crippen LogP contribution in [0.4, 0.5) is 10.1 Å². The maximum absolute atomic E-state index is 15.1. The Labute approximate surface area is 285 Å². The average molecular weight is 697 g/mol. The molecule has 0 spiro atoms. The Morgan fingerprint density at radius 1 is 0.915 bits per heavy atom. The lowest BCUT2D eigenvalue weighted by Gasteiger charge is -2.34. The van der Waals surface area contributed by atoms with Gasteiger partial charge in [0.15, 0.2) is 0 Å². The third kappa shape index (κ3) is 8.52. The first-order chi connectivity index (χ1) is 22.5. The van der Waals surface area contributed by atoms with Crippen molar-refractivity contribution in [1.82, 2.24) is 10.2 Å². The molecule has 47 heavy (non-hydrogen) atoms. The minimum absolute atomic E-state index is 0.00560. The molecule has 4 aromatic rings. The molecule has 2 amide bonds. The van der Waals surface area contributed by atoms with E-state index in [-0.39, 0.29) is 51.1 Å². The lowest BCUT2D eigenvalue weighted by atomic mass is 10.0. The first kappa shape index (κ1) is 34.4. The van der Waals surface area contributed by atoms with Crippen molar-refractivity contribution in [1.29, 1.82) is 0 Å². The number of sulfonamides is 1. The molecule has 4 aromatic carbocycles. The van der Waals surface area contributed by atoms with Crippen molar-refractivity contribution in [3.05, 3.63) is 130 Å². The standard InChI is InChI=1S/C36H36Cl2FN3O4S/c1-25-15-18-30(19-16-25)47(45,46)42(33-22-28(37)17-20-31(33)38)24-35(43)41(23-27-11-5-8-14-32(27)39)34(21-26-9-3-2-4-10-26)36(44)40-29-12-6-7-13-29/h2-5,8-11,14-20,22,29,34H,6-7,12-13,21,23-24H2,1H3,(H,40,44). The molecule has 0 aliphatic heterocycles. The number of carbonyl (C=O) groups excluding carboxylic acids is 2. The smallest absolute Gasteiger partial charge is 0.264 e. The zero-order valence-corrected chi connectivity index (χ0v) is 28.2. The average Bonchev–Trinajstić information content (AvgIpc) is 3.57. The molecule has 1 aliphatic carbocycles. The number of nitrogens with one attached hydrogen (secondary N) is 1. The van der Waals surface area contributed by atoms with Gasteiger partial charge in [0, 0.05) is 29.6 Å². The summed E-state index contributed by atoms with van der Waals surface area (Å²) in [5, 5.41) is 3.37. The van der Waals surface area contributed by atoms with Crippen molar-refractivity contribution < 1.29 is 22.4 Å². The minimum Gasteiger partial charge on any atom is -0.352 e. The molecule has 0 heterocycles. The highest BCUT2D eigenvalue weighted by Gasteiger charge is 2.36. The predicted molar refractivity (Wildman–Crippen MR) is 183 cm³/mol. The van der Waals surface area contributed by atoms with Crippen LogP contribution >= 0.6 is 23.2 Å². The number of nitrogens with zero attached hydrogens (tertiary/aromatic N) is 2. The van der Waals surface area contributed by atoms with Gasteiger partial charge in [-0.2, -0.15) is 0 Å². The Bertz CT molecular complexity index is 1820. The van der Waals surface area contributed by atoms with E-state index in [0.717, 1.165) is 41.1 Å². The van der Waals surface area contributed by atoms with Gasteiger partial charge in [0.1, 0.15) is 18.4 Å². The van der Waals surface area contributed by atoms with Crippen LogP contribution in [0.25, 0.3) is 0 Å². The molecule has 1 fully saturated rings. The second-order valence-electron chi connectivity index (χ2n) is 11.7. The summed E-state index contributed by atoms with van der Waals surface area (Å²) in [5.74, 6) is -1.66. The quantitative estimate of drug-likeness (QED) is 0.168. The highest BCUT2D eigenvalue weighted by atomic mass is 35.5. The molecule has 7 nitrogen and oxygen atoms in total. The number of hydrogen-bond donors (Lipinski definition) is 1. The monoisotopic (exact) mass is 695 g/mol. The number of anilines is 1. The van der Waals surface area contributed by atoms with Gasteiger partial charge in [0.2, 0.25) is 11.8 Å². The number of hydrogen-bond acceptors (Lipinski definition) is 4. The van der Waals surface area contributed by atoms with E-state index in [0.29, 0.717) is 0 Å². The molecule has 1 unspecified atom stereocenters. The second kappa shape index (κ2) is 15.3. The zero-order chi connectivity index (χ0) is 33.6. The summed E-state index contributed by atoms with van der Waals surface area (Å²) < 4.78 is 44.5. The first-order valence-corrected chi connectivity index (χ1v) is 17.6. The lowest BCUT2D eigenvalue weighted by Crippen LogP contribution is -2.54. The van der Waals surface area contributed by atoms with Gasteiger partial charge < -0.3 is 10.2 Å². The number of benzene rings is 4. The fraction of sp³-hybridized carbons (Fsp3) is 0.278. The zero-order valence-electron chi connectivity index (χ0n) is 25.9. The molecule has 1 atom stereocenters. The summed E-state index contributed by atoms with van der Waals surface area (Å²) in [6.07, 6.45) is 3.74. The van der Waals surface area contributed by atoms with Crippen LogP contribution in [0.15, 0.2) is 102 Å². The molecule has 0 aromatic heterocycles. The summed E-state index contributed by atoms with van der Waals surface area (Å²) in [6.45, 7) is 0.825. The Kier molecular flexibility index (Phi) is 11.2. The Hall–Kier alpha value is -3.92. The molecule has 1 aliphatic rings. The van der Waals surface area contributed by atoms with E-state index in [1.807, 2.05) is 37.3 Å². The molecule has 11 heteroatoms. The minimum atomic E-state index is -4.38. The fourth-order valence-electron chi connectivity index (χ4n) is 5.76.